The molecule has 7 nitrogen and oxygen atoms in total. The second kappa shape index (κ2) is 7.21. The van der Waals surface area contributed by atoms with E-state index in [9.17, 15) is 14.4 Å². The van der Waals surface area contributed by atoms with E-state index in [1.54, 1.807) is 17.9 Å². The fourth-order valence-electron chi connectivity index (χ4n) is 4.62. The number of fused-ring (bicyclic) bond motifs is 1. The van der Waals surface area contributed by atoms with Gasteiger partial charge in [-0.1, -0.05) is 12.8 Å². The lowest BCUT2D eigenvalue weighted by molar-refractivity contribution is -0.152. The molecule has 1 saturated heterocycles. The third-order valence-electron chi connectivity index (χ3n) is 6.30. The van der Waals surface area contributed by atoms with Gasteiger partial charge in [-0.15, -0.1) is 0 Å². The molecule has 1 N–H and O–H groups in total. The monoisotopic (exact) mass is 398 g/mol. The Bertz CT molecular complexity index is 1050. The Morgan fingerprint density at radius 2 is 1.90 bits per heavy atom. The summed E-state index contributed by atoms with van der Waals surface area (Å²) in [7, 11) is 0. The number of hydrogen-bond donors (Lipinski definition) is 1. The predicted molar refractivity (Wildman–Crippen MR) is 108 cm³/mol. The third kappa shape index (κ3) is 3.18. The molecule has 1 aromatic carbocycles. The van der Waals surface area contributed by atoms with Gasteiger partial charge in [-0.25, -0.2) is 4.79 Å². The van der Waals surface area contributed by atoms with Gasteiger partial charge in [-0.05, 0) is 56.9 Å². The first kappa shape index (κ1) is 19.5. The standard InChI is InChI=1S/C22H26N2O5/c1-13-10-16(19-14(2)15(3)20(26)29-17(19)11-13)28-12-18(25)24-9-8-23-21(27)22(24)6-4-5-7-22/h10-11H,4-9,12H2,1-3H3,(H,23,27). The maximum Gasteiger partial charge on any atom is 0.339 e. The Hall–Kier alpha value is -2.83. The summed E-state index contributed by atoms with van der Waals surface area (Å²) in [5.74, 6) is 0.270. The van der Waals surface area contributed by atoms with Crippen molar-refractivity contribution in [1.82, 2.24) is 10.2 Å². The lowest BCUT2D eigenvalue weighted by atomic mass is 9.91. The van der Waals surface area contributed by atoms with Crippen LogP contribution in [-0.4, -0.2) is 41.9 Å². The van der Waals surface area contributed by atoms with E-state index in [2.05, 4.69) is 5.32 Å². The number of piperazine rings is 1. The van der Waals surface area contributed by atoms with E-state index in [1.165, 1.54) is 0 Å². The molecule has 2 aromatic rings. The van der Waals surface area contributed by atoms with Crippen LogP contribution in [0.15, 0.2) is 21.3 Å². The Morgan fingerprint density at radius 3 is 2.62 bits per heavy atom. The number of amides is 2. The number of carbonyl (C=O) groups excluding carboxylic acids is 2. The van der Waals surface area contributed by atoms with E-state index in [-0.39, 0.29) is 24.0 Å². The van der Waals surface area contributed by atoms with Crippen LogP contribution in [0.5, 0.6) is 5.75 Å². The molecule has 1 spiro atoms. The number of nitrogens with zero attached hydrogens (tertiary/aromatic N) is 1. The number of benzene rings is 1. The van der Waals surface area contributed by atoms with Crippen molar-refractivity contribution in [2.75, 3.05) is 19.7 Å². The quantitative estimate of drug-likeness (QED) is 0.802. The molecular formula is C22H26N2O5. The lowest BCUT2D eigenvalue weighted by Crippen LogP contribution is -2.65. The van der Waals surface area contributed by atoms with E-state index < -0.39 is 5.54 Å². The van der Waals surface area contributed by atoms with Gasteiger partial charge in [0.15, 0.2) is 6.61 Å². The number of hydrogen-bond acceptors (Lipinski definition) is 5. The maximum atomic E-state index is 13.1. The molecular weight excluding hydrogens is 372 g/mol. The van der Waals surface area contributed by atoms with Crippen LogP contribution >= 0.6 is 0 Å². The predicted octanol–water partition coefficient (Wildman–Crippen LogP) is 2.37. The Kier molecular flexibility index (Phi) is 4.84. The highest BCUT2D eigenvalue weighted by Crippen LogP contribution is 2.37. The molecule has 1 aliphatic carbocycles. The average molecular weight is 398 g/mol. The van der Waals surface area contributed by atoms with Gasteiger partial charge in [0.25, 0.3) is 5.91 Å². The summed E-state index contributed by atoms with van der Waals surface area (Å²) in [6.07, 6.45) is 3.28. The number of carbonyl (C=O) groups is 2. The van der Waals surface area contributed by atoms with E-state index >= 15 is 0 Å². The van der Waals surface area contributed by atoms with Crippen LogP contribution in [0.2, 0.25) is 0 Å². The molecule has 2 amide bonds. The first-order chi connectivity index (χ1) is 13.8. The smallest absolute Gasteiger partial charge is 0.339 e. The number of aryl methyl sites for hydroxylation is 2. The molecule has 1 aliphatic heterocycles. The van der Waals surface area contributed by atoms with Crippen molar-refractivity contribution in [1.29, 1.82) is 0 Å². The maximum absolute atomic E-state index is 13.1. The van der Waals surface area contributed by atoms with Gasteiger partial charge < -0.3 is 19.4 Å². The van der Waals surface area contributed by atoms with Crippen molar-refractivity contribution >= 4 is 22.8 Å². The molecule has 154 valence electrons. The van der Waals surface area contributed by atoms with Gasteiger partial charge in [0, 0.05) is 18.7 Å². The van der Waals surface area contributed by atoms with Crippen LogP contribution in [0, 0.1) is 20.8 Å². The van der Waals surface area contributed by atoms with Crippen LogP contribution in [0.1, 0.15) is 42.4 Å². The fraction of sp³-hybridized carbons (Fsp3) is 0.500. The number of ether oxygens (including phenoxy) is 1. The van der Waals surface area contributed by atoms with Gasteiger partial charge >= 0.3 is 5.63 Å². The van der Waals surface area contributed by atoms with E-state index in [0.717, 1.165) is 24.0 Å². The molecule has 0 bridgehead atoms. The van der Waals surface area contributed by atoms with Crippen molar-refractivity contribution in [3.63, 3.8) is 0 Å². The second-order valence-corrected chi connectivity index (χ2v) is 8.10. The summed E-state index contributed by atoms with van der Waals surface area (Å²) in [5, 5.41) is 3.61. The largest absolute Gasteiger partial charge is 0.483 e. The highest BCUT2D eigenvalue weighted by molar-refractivity contribution is 5.94. The zero-order valence-corrected chi connectivity index (χ0v) is 17.1. The van der Waals surface area contributed by atoms with Crippen LogP contribution < -0.4 is 15.7 Å². The van der Waals surface area contributed by atoms with Gasteiger partial charge in [0.1, 0.15) is 16.9 Å². The topological polar surface area (TPSA) is 88.9 Å². The average Bonchev–Trinajstić information content (AvgIpc) is 3.16. The van der Waals surface area contributed by atoms with Crippen molar-refractivity contribution in [3.8, 4) is 5.75 Å². The molecule has 4 rings (SSSR count). The minimum absolute atomic E-state index is 0.0520. The molecule has 1 aromatic heterocycles. The molecule has 0 unspecified atom stereocenters. The number of rotatable bonds is 3. The number of nitrogens with one attached hydrogen (secondary N) is 1. The van der Waals surface area contributed by atoms with Crippen molar-refractivity contribution in [2.45, 2.75) is 52.0 Å². The summed E-state index contributed by atoms with van der Waals surface area (Å²) < 4.78 is 11.4. The van der Waals surface area contributed by atoms with Crippen molar-refractivity contribution < 1.29 is 18.7 Å². The van der Waals surface area contributed by atoms with Crippen LogP contribution in [0.4, 0.5) is 0 Å². The van der Waals surface area contributed by atoms with Gasteiger partial charge in [-0.2, -0.15) is 0 Å². The van der Waals surface area contributed by atoms with Crippen LogP contribution in [0.25, 0.3) is 11.0 Å². The molecule has 7 heteroatoms. The van der Waals surface area contributed by atoms with E-state index in [0.29, 0.717) is 48.2 Å². The zero-order chi connectivity index (χ0) is 20.8. The van der Waals surface area contributed by atoms with Crippen LogP contribution in [-0.2, 0) is 9.59 Å². The molecule has 29 heavy (non-hydrogen) atoms. The first-order valence-electron chi connectivity index (χ1n) is 10.1. The minimum Gasteiger partial charge on any atom is -0.483 e. The minimum atomic E-state index is -0.730. The summed E-state index contributed by atoms with van der Waals surface area (Å²) in [4.78, 5) is 39.3. The van der Waals surface area contributed by atoms with E-state index in [1.807, 2.05) is 19.9 Å². The lowest BCUT2D eigenvalue weighted by Gasteiger charge is -2.43. The zero-order valence-electron chi connectivity index (χ0n) is 17.1. The molecule has 1 saturated carbocycles. The third-order valence-corrected chi connectivity index (χ3v) is 6.30. The molecule has 2 aliphatic rings. The Morgan fingerprint density at radius 1 is 1.17 bits per heavy atom. The molecule has 0 atom stereocenters. The molecule has 0 radical (unpaired) electrons. The normalized spacial score (nSPS) is 18.3. The second-order valence-electron chi connectivity index (χ2n) is 8.10. The molecule has 2 heterocycles. The summed E-state index contributed by atoms with van der Waals surface area (Å²) in [6, 6.07) is 3.64. The van der Waals surface area contributed by atoms with Crippen LogP contribution in [0.3, 0.4) is 0 Å². The summed E-state index contributed by atoms with van der Waals surface area (Å²) >= 11 is 0. The Balaban J connectivity index is 1.63. The SMILES string of the molecule is Cc1cc(OCC(=O)N2CCNC(=O)C23CCCC3)c2c(C)c(C)c(=O)oc2c1. The van der Waals surface area contributed by atoms with Gasteiger partial charge in [0.05, 0.1) is 5.39 Å². The molecule has 2 fully saturated rings. The van der Waals surface area contributed by atoms with Gasteiger partial charge in [0.2, 0.25) is 5.91 Å². The van der Waals surface area contributed by atoms with Gasteiger partial charge in [-0.3, -0.25) is 9.59 Å². The van der Waals surface area contributed by atoms with Crippen molar-refractivity contribution in [3.05, 3.63) is 39.2 Å². The summed E-state index contributed by atoms with van der Waals surface area (Å²) in [6.45, 7) is 6.24. The summed E-state index contributed by atoms with van der Waals surface area (Å²) in [5.41, 5.74) is 1.52. The Labute approximate surface area is 169 Å². The highest BCUT2D eigenvalue weighted by Gasteiger charge is 2.50. The van der Waals surface area contributed by atoms with E-state index in [4.69, 9.17) is 9.15 Å². The van der Waals surface area contributed by atoms with Crippen molar-refractivity contribution in [2.24, 2.45) is 0 Å². The fourth-order valence-corrected chi connectivity index (χ4v) is 4.62. The first-order valence-corrected chi connectivity index (χ1v) is 10.1. The highest BCUT2D eigenvalue weighted by atomic mass is 16.5.